The smallest absolute Gasteiger partial charge is 0.248 e. The third-order valence-electron chi connectivity index (χ3n) is 4.14. The zero-order valence-corrected chi connectivity index (χ0v) is 16.2. The van der Waals surface area contributed by atoms with Crippen LogP contribution in [0.2, 0.25) is 0 Å². The van der Waals surface area contributed by atoms with Crippen molar-refractivity contribution >= 4 is 27.7 Å². The fraction of sp³-hybridized carbons (Fsp3) is 0.438. The van der Waals surface area contributed by atoms with Crippen LogP contribution in [0.15, 0.2) is 38.8 Å². The monoisotopic (exact) mass is 396 g/mol. The molecule has 3 rings (SSSR count). The molecule has 1 fully saturated rings. The zero-order chi connectivity index (χ0) is 18.7. The summed E-state index contributed by atoms with van der Waals surface area (Å²) >= 11 is 1.38. The topological polar surface area (TPSA) is 96.6 Å². The number of carbonyl (C=O) groups excluding carboxylic acids is 1. The number of piperazine rings is 1. The molecule has 1 saturated heterocycles. The third kappa shape index (κ3) is 3.92. The molecule has 0 N–H and O–H groups in total. The van der Waals surface area contributed by atoms with Crippen molar-refractivity contribution in [3.05, 3.63) is 35.9 Å². The fourth-order valence-corrected chi connectivity index (χ4v) is 5.29. The molecule has 0 aromatic carbocycles. The maximum Gasteiger partial charge on any atom is 0.248 e. The van der Waals surface area contributed by atoms with E-state index in [0.29, 0.717) is 18.8 Å². The van der Waals surface area contributed by atoms with Gasteiger partial charge < -0.3 is 9.42 Å². The summed E-state index contributed by atoms with van der Waals surface area (Å²) in [6.07, 6.45) is 1.69. The molecule has 2 aromatic heterocycles. The van der Waals surface area contributed by atoms with E-state index in [1.165, 1.54) is 16.1 Å². The highest BCUT2D eigenvalue weighted by Gasteiger charge is 2.34. The van der Waals surface area contributed by atoms with Crippen LogP contribution in [-0.2, 0) is 14.8 Å². The van der Waals surface area contributed by atoms with E-state index in [-0.39, 0.29) is 35.4 Å². The van der Waals surface area contributed by atoms with Crippen LogP contribution in [0.1, 0.15) is 11.5 Å². The summed E-state index contributed by atoms with van der Waals surface area (Å²) < 4.78 is 31.9. The number of aryl methyl sites for hydroxylation is 2. The van der Waals surface area contributed by atoms with Crippen LogP contribution in [0.5, 0.6) is 0 Å². The van der Waals surface area contributed by atoms with Crippen LogP contribution in [0.4, 0.5) is 0 Å². The molecule has 0 atom stereocenters. The Balaban J connectivity index is 1.58. The Labute approximate surface area is 156 Å². The molecular weight excluding hydrogens is 376 g/mol. The first kappa shape index (κ1) is 18.9. The predicted octanol–water partition coefficient (Wildman–Crippen LogP) is 1.31. The van der Waals surface area contributed by atoms with E-state index < -0.39 is 10.0 Å². The normalized spacial score (nSPS) is 16.0. The summed E-state index contributed by atoms with van der Waals surface area (Å²) in [5.41, 5.74) is 0.354. The SMILES string of the molecule is Cc1noc(C)c1S(=O)(=O)N1CCN(C(=O)CSc2ccccn2)CC1. The Morgan fingerprint density at radius 2 is 1.96 bits per heavy atom. The zero-order valence-electron chi connectivity index (χ0n) is 14.6. The van der Waals surface area contributed by atoms with Crippen LogP contribution < -0.4 is 0 Å². The molecule has 2 aromatic rings. The maximum atomic E-state index is 12.8. The number of thioether (sulfide) groups is 1. The minimum Gasteiger partial charge on any atom is -0.360 e. The number of aromatic nitrogens is 2. The number of pyridine rings is 1. The van der Waals surface area contributed by atoms with Gasteiger partial charge in [0.2, 0.25) is 15.9 Å². The molecule has 10 heteroatoms. The molecule has 1 aliphatic rings. The first-order chi connectivity index (χ1) is 12.4. The van der Waals surface area contributed by atoms with Crippen molar-refractivity contribution in [3.8, 4) is 0 Å². The van der Waals surface area contributed by atoms with Gasteiger partial charge in [-0.15, -0.1) is 0 Å². The molecule has 0 spiro atoms. The lowest BCUT2D eigenvalue weighted by atomic mass is 10.3. The maximum absolute atomic E-state index is 12.8. The third-order valence-corrected chi connectivity index (χ3v) is 7.21. The number of carbonyl (C=O) groups is 1. The molecule has 0 aliphatic carbocycles. The lowest BCUT2D eigenvalue weighted by Gasteiger charge is -2.33. The second-order valence-corrected chi connectivity index (χ2v) is 8.77. The quantitative estimate of drug-likeness (QED) is 0.703. The van der Waals surface area contributed by atoms with E-state index in [1.54, 1.807) is 24.9 Å². The van der Waals surface area contributed by atoms with Gasteiger partial charge in [-0.05, 0) is 26.0 Å². The highest BCUT2D eigenvalue weighted by molar-refractivity contribution is 7.99. The summed E-state index contributed by atoms with van der Waals surface area (Å²) in [7, 11) is -3.66. The number of hydrogen-bond donors (Lipinski definition) is 0. The van der Waals surface area contributed by atoms with E-state index in [2.05, 4.69) is 10.1 Å². The lowest BCUT2D eigenvalue weighted by molar-refractivity contribution is -0.129. The van der Waals surface area contributed by atoms with Gasteiger partial charge in [-0.1, -0.05) is 23.0 Å². The van der Waals surface area contributed by atoms with E-state index >= 15 is 0 Å². The second-order valence-electron chi connectivity index (χ2n) is 5.89. The van der Waals surface area contributed by atoms with Crippen molar-refractivity contribution in [3.63, 3.8) is 0 Å². The minimum atomic E-state index is -3.66. The summed E-state index contributed by atoms with van der Waals surface area (Å²) in [5.74, 6) is 0.552. The Bertz CT molecular complexity index is 855. The van der Waals surface area contributed by atoms with Crippen molar-refractivity contribution in [2.45, 2.75) is 23.8 Å². The second kappa shape index (κ2) is 7.77. The van der Waals surface area contributed by atoms with E-state index in [1.807, 2.05) is 18.2 Å². The minimum absolute atomic E-state index is 0.0185. The van der Waals surface area contributed by atoms with Crippen LogP contribution in [0.3, 0.4) is 0 Å². The van der Waals surface area contributed by atoms with Gasteiger partial charge in [0.25, 0.3) is 0 Å². The first-order valence-electron chi connectivity index (χ1n) is 8.14. The van der Waals surface area contributed by atoms with Crippen LogP contribution in [0, 0.1) is 13.8 Å². The fourth-order valence-electron chi connectivity index (χ4n) is 2.81. The van der Waals surface area contributed by atoms with Gasteiger partial charge in [0.1, 0.15) is 10.6 Å². The Morgan fingerprint density at radius 3 is 2.54 bits per heavy atom. The van der Waals surface area contributed by atoms with Crippen molar-refractivity contribution in [2.24, 2.45) is 0 Å². The van der Waals surface area contributed by atoms with Gasteiger partial charge in [-0.25, -0.2) is 13.4 Å². The van der Waals surface area contributed by atoms with E-state index in [9.17, 15) is 13.2 Å². The van der Waals surface area contributed by atoms with Gasteiger partial charge in [-0.3, -0.25) is 4.79 Å². The van der Waals surface area contributed by atoms with Crippen molar-refractivity contribution in [1.82, 2.24) is 19.3 Å². The Hall–Kier alpha value is -1.91. The summed E-state index contributed by atoms with van der Waals surface area (Å²) in [4.78, 5) is 18.3. The molecule has 0 unspecified atom stereocenters. The highest BCUT2D eigenvalue weighted by Crippen LogP contribution is 2.24. The molecular formula is C16H20N4O4S2. The Morgan fingerprint density at radius 1 is 1.23 bits per heavy atom. The number of sulfonamides is 1. The van der Waals surface area contributed by atoms with Crippen LogP contribution >= 0.6 is 11.8 Å². The summed E-state index contributed by atoms with van der Waals surface area (Å²) in [6, 6.07) is 5.55. The number of amides is 1. The lowest BCUT2D eigenvalue weighted by Crippen LogP contribution is -2.51. The molecule has 1 amide bonds. The van der Waals surface area contributed by atoms with Gasteiger partial charge in [0.15, 0.2) is 5.76 Å². The highest BCUT2D eigenvalue weighted by atomic mass is 32.2. The van der Waals surface area contributed by atoms with Gasteiger partial charge in [-0.2, -0.15) is 4.31 Å². The molecule has 1 aliphatic heterocycles. The molecule has 3 heterocycles. The van der Waals surface area contributed by atoms with Gasteiger partial charge >= 0.3 is 0 Å². The average molecular weight is 396 g/mol. The molecule has 8 nitrogen and oxygen atoms in total. The first-order valence-corrected chi connectivity index (χ1v) is 10.6. The van der Waals surface area contributed by atoms with E-state index in [4.69, 9.17) is 4.52 Å². The summed E-state index contributed by atoms with van der Waals surface area (Å²) in [6.45, 7) is 4.44. The van der Waals surface area contributed by atoms with Crippen molar-refractivity contribution < 1.29 is 17.7 Å². The van der Waals surface area contributed by atoms with Gasteiger partial charge in [0.05, 0.1) is 10.8 Å². The number of nitrogens with zero attached hydrogens (tertiary/aromatic N) is 4. The largest absolute Gasteiger partial charge is 0.360 e. The molecule has 0 saturated carbocycles. The molecule has 0 radical (unpaired) electrons. The van der Waals surface area contributed by atoms with Gasteiger partial charge in [0, 0.05) is 32.4 Å². The standard InChI is InChI=1S/C16H20N4O4S2/c1-12-16(13(2)24-18-12)26(22,23)20-9-7-19(8-10-20)15(21)11-25-14-5-3-4-6-17-14/h3-6H,7-11H2,1-2H3. The van der Waals surface area contributed by atoms with Crippen LogP contribution in [0.25, 0.3) is 0 Å². The average Bonchev–Trinajstić information content (AvgIpc) is 2.99. The predicted molar refractivity (Wildman–Crippen MR) is 96.3 cm³/mol. The van der Waals surface area contributed by atoms with E-state index in [0.717, 1.165) is 5.03 Å². The summed E-state index contributed by atoms with van der Waals surface area (Å²) in [5, 5.41) is 4.51. The number of hydrogen-bond acceptors (Lipinski definition) is 7. The van der Waals surface area contributed by atoms with Crippen LogP contribution in [-0.4, -0.2) is 65.6 Å². The molecule has 26 heavy (non-hydrogen) atoms. The molecule has 0 bridgehead atoms. The number of rotatable bonds is 5. The molecule has 140 valence electrons. The Kier molecular flexibility index (Phi) is 5.64. The van der Waals surface area contributed by atoms with Crippen molar-refractivity contribution in [1.29, 1.82) is 0 Å². The van der Waals surface area contributed by atoms with Crippen molar-refractivity contribution in [2.75, 3.05) is 31.9 Å².